The predicted octanol–water partition coefficient (Wildman–Crippen LogP) is 2.83. The van der Waals surface area contributed by atoms with Gasteiger partial charge in [-0.2, -0.15) is 4.98 Å². The lowest BCUT2D eigenvalue weighted by Crippen LogP contribution is -2.43. The van der Waals surface area contributed by atoms with E-state index < -0.39 is 0 Å². The number of rotatable bonds is 5. The molecule has 8 nitrogen and oxygen atoms in total. The Labute approximate surface area is 186 Å². The number of aryl methyl sites for hydroxylation is 1. The van der Waals surface area contributed by atoms with Crippen molar-refractivity contribution in [3.63, 3.8) is 0 Å². The molecule has 2 amide bonds. The van der Waals surface area contributed by atoms with Gasteiger partial charge in [-0.25, -0.2) is 0 Å². The topological polar surface area (TPSA) is 101 Å². The van der Waals surface area contributed by atoms with Gasteiger partial charge in [-0.05, 0) is 42.5 Å². The summed E-state index contributed by atoms with van der Waals surface area (Å²) in [6.45, 7) is 2.15. The second-order valence-corrected chi connectivity index (χ2v) is 8.37. The number of carbonyl (C=O) groups is 2. The van der Waals surface area contributed by atoms with E-state index in [1.54, 1.807) is 12.4 Å². The van der Waals surface area contributed by atoms with Gasteiger partial charge in [0.1, 0.15) is 0 Å². The average molecular weight is 431 g/mol. The highest BCUT2D eigenvalue weighted by atomic mass is 16.5. The van der Waals surface area contributed by atoms with Crippen LogP contribution in [0.25, 0.3) is 11.4 Å². The molecule has 0 bridgehead atoms. The number of nitrogens with zero attached hydrogens (tertiary/aromatic N) is 4. The third-order valence-corrected chi connectivity index (χ3v) is 6.51. The van der Waals surface area contributed by atoms with Gasteiger partial charge in [0, 0.05) is 61.9 Å². The van der Waals surface area contributed by atoms with E-state index in [-0.39, 0.29) is 11.8 Å². The highest BCUT2D eigenvalue weighted by Gasteiger charge is 2.33. The number of fused-ring (bicyclic) bond motifs is 1. The van der Waals surface area contributed by atoms with Gasteiger partial charge in [-0.1, -0.05) is 23.4 Å². The summed E-state index contributed by atoms with van der Waals surface area (Å²) in [5.41, 5.74) is 2.76. The number of carbonyl (C=O) groups excluding carboxylic acids is 2. The van der Waals surface area contributed by atoms with Crippen molar-refractivity contribution in [3.05, 3.63) is 65.8 Å². The van der Waals surface area contributed by atoms with E-state index in [0.29, 0.717) is 42.9 Å². The molecule has 0 saturated carbocycles. The number of likely N-dealkylation sites (tertiary alicyclic amines) is 1. The lowest BCUT2D eigenvalue weighted by Gasteiger charge is -2.38. The van der Waals surface area contributed by atoms with Crippen LogP contribution in [0, 0.1) is 5.92 Å². The molecular formula is C24H25N5O3. The lowest BCUT2D eigenvalue weighted by atomic mass is 9.76. The Morgan fingerprint density at radius 1 is 1.12 bits per heavy atom. The quantitative estimate of drug-likeness (QED) is 0.667. The summed E-state index contributed by atoms with van der Waals surface area (Å²) in [5.74, 6) is 1.87. The van der Waals surface area contributed by atoms with Gasteiger partial charge in [0.25, 0.3) is 5.91 Å². The van der Waals surface area contributed by atoms with Gasteiger partial charge in [-0.3, -0.25) is 14.6 Å². The molecule has 5 rings (SSSR count). The molecule has 164 valence electrons. The van der Waals surface area contributed by atoms with Crippen LogP contribution in [0.2, 0.25) is 0 Å². The first kappa shape index (κ1) is 20.4. The highest BCUT2D eigenvalue weighted by Crippen LogP contribution is 2.36. The summed E-state index contributed by atoms with van der Waals surface area (Å²) in [4.78, 5) is 35.2. The molecule has 1 N–H and O–H groups in total. The second kappa shape index (κ2) is 8.90. The summed E-state index contributed by atoms with van der Waals surface area (Å²) in [6, 6.07) is 11.5. The Kier molecular flexibility index (Phi) is 5.66. The third kappa shape index (κ3) is 4.12. The van der Waals surface area contributed by atoms with Crippen LogP contribution in [0.5, 0.6) is 0 Å². The van der Waals surface area contributed by atoms with Crippen molar-refractivity contribution in [2.75, 3.05) is 19.6 Å². The molecule has 1 saturated heterocycles. The summed E-state index contributed by atoms with van der Waals surface area (Å²) in [5, 5.41) is 7.02. The smallest absolute Gasteiger partial charge is 0.251 e. The van der Waals surface area contributed by atoms with Crippen LogP contribution < -0.4 is 5.32 Å². The number of aromatic nitrogens is 3. The molecule has 1 fully saturated rings. The molecule has 0 aliphatic carbocycles. The third-order valence-electron chi connectivity index (χ3n) is 6.51. The van der Waals surface area contributed by atoms with Crippen LogP contribution in [0.3, 0.4) is 0 Å². The molecule has 8 heteroatoms. The van der Waals surface area contributed by atoms with Crippen molar-refractivity contribution in [2.45, 2.75) is 31.6 Å². The predicted molar refractivity (Wildman–Crippen MR) is 117 cm³/mol. The maximum absolute atomic E-state index is 12.7. The molecule has 4 heterocycles. The molecule has 0 radical (unpaired) electrons. The SMILES string of the molecule is O=C1NC[C@@H](C2CCN(C(=O)CCc3nc(-c4ccncc4)no3)CC2)c2ccccc21. The summed E-state index contributed by atoms with van der Waals surface area (Å²) in [6.07, 6.45) is 6.02. The van der Waals surface area contributed by atoms with Crippen LogP contribution in [-0.2, 0) is 11.2 Å². The number of amides is 2. The zero-order valence-corrected chi connectivity index (χ0v) is 17.7. The normalized spacial score (nSPS) is 18.8. The van der Waals surface area contributed by atoms with Crippen LogP contribution in [0.15, 0.2) is 53.3 Å². The van der Waals surface area contributed by atoms with Crippen molar-refractivity contribution in [2.24, 2.45) is 5.92 Å². The van der Waals surface area contributed by atoms with Crippen molar-refractivity contribution >= 4 is 11.8 Å². The van der Waals surface area contributed by atoms with Gasteiger partial charge < -0.3 is 14.7 Å². The van der Waals surface area contributed by atoms with Crippen molar-refractivity contribution in [1.82, 2.24) is 25.3 Å². The van der Waals surface area contributed by atoms with E-state index in [4.69, 9.17) is 4.52 Å². The molecule has 1 aromatic carbocycles. The fourth-order valence-electron chi connectivity index (χ4n) is 4.75. The fourth-order valence-corrected chi connectivity index (χ4v) is 4.75. The molecular weight excluding hydrogens is 406 g/mol. The van der Waals surface area contributed by atoms with Crippen LogP contribution >= 0.6 is 0 Å². The summed E-state index contributed by atoms with van der Waals surface area (Å²) >= 11 is 0. The summed E-state index contributed by atoms with van der Waals surface area (Å²) < 4.78 is 5.31. The van der Waals surface area contributed by atoms with Gasteiger partial charge >= 0.3 is 0 Å². The highest BCUT2D eigenvalue weighted by molar-refractivity contribution is 5.97. The first-order valence-electron chi connectivity index (χ1n) is 11.1. The van der Waals surface area contributed by atoms with E-state index >= 15 is 0 Å². The number of pyridine rings is 1. The van der Waals surface area contributed by atoms with E-state index in [9.17, 15) is 9.59 Å². The Morgan fingerprint density at radius 2 is 1.91 bits per heavy atom. The van der Waals surface area contributed by atoms with Gasteiger partial charge in [0.05, 0.1) is 0 Å². The zero-order chi connectivity index (χ0) is 21.9. The van der Waals surface area contributed by atoms with E-state index in [1.807, 2.05) is 35.2 Å². The van der Waals surface area contributed by atoms with Gasteiger partial charge in [0.15, 0.2) is 0 Å². The number of hydrogen-bond donors (Lipinski definition) is 1. The molecule has 1 atom stereocenters. The van der Waals surface area contributed by atoms with Crippen LogP contribution in [0.1, 0.15) is 47.0 Å². The van der Waals surface area contributed by atoms with E-state index in [0.717, 1.165) is 42.6 Å². The maximum atomic E-state index is 12.7. The molecule has 0 unspecified atom stereocenters. The Bertz CT molecular complexity index is 1110. The number of hydrogen-bond acceptors (Lipinski definition) is 6. The summed E-state index contributed by atoms with van der Waals surface area (Å²) in [7, 11) is 0. The minimum Gasteiger partial charge on any atom is -0.351 e. The van der Waals surface area contributed by atoms with E-state index in [2.05, 4.69) is 26.5 Å². The number of piperidine rings is 1. The number of benzene rings is 1. The first-order valence-corrected chi connectivity index (χ1v) is 11.1. The molecule has 3 aromatic rings. The first-order chi connectivity index (χ1) is 15.7. The van der Waals surface area contributed by atoms with Gasteiger partial charge in [0.2, 0.25) is 17.6 Å². The largest absolute Gasteiger partial charge is 0.351 e. The second-order valence-electron chi connectivity index (χ2n) is 8.37. The Balaban J connectivity index is 1.14. The van der Waals surface area contributed by atoms with Crippen molar-refractivity contribution < 1.29 is 14.1 Å². The van der Waals surface area contributed by atoms with Gasteiger partial charge in [-0.15, -0.1) is 0 Å². The fraction of sp³-hybridized carbons (Fsp3) is 0.375. The molecule has 2 aliphatic rings. The molecule has 2 aliphatic heterocycles. The van der Waals surface area contributed by atoms with Crippen LogP contribution in [0.4, 0.5) is 0 Å². The monoisotopic (exact) mass is 431 g/mol. The van der Waals surface area contributed by atoms with Crippen molar-refractivity contribution in [1.29, 1.82) is 0 Å². The van der Waals surface area contributed by atoms with E-state index in [1.165, 1.54) is 0 Å². The lowest BCUT2D eigenvalue weighted by molar-refractivity contribution is -0.132. The number of nitrogens with one attached hydrogen (secondary N) is 1. The Morgan fingerprint density at radius 3 is 2.72 bits per heavy atom. The maximum Gasteiger partial charge on any atom is 0.251 e. The van der Waals surface area contributed by atoms with Crippen LogP contribution in [-0.4, -0.2) is 51.5 Å². The zero-order valence-electron chi connectivity index (χ0n) is 17.7. The average Bonchev–Trinajstić information content (AvgIpc) is 3.33. The van der Waals surface area contributed by atoms with Crippen molar-refractivity contribution in [3.8, 4) is 11.4 Å². The standard InChI is InChI=1S/C24H25N5O3/c30-22(6-5-21-27-23(28-32-21)17-7-11-25-12-8-17)29-13-9-16(10-14-29)20-15-26-24(31)19-4-2-1-3-18(19)20/h1-4,7-8,11-12,16,20H,5-6,9-10,13-15H2,(H,26,31)/t20-/m0/s1. The Hall–Kier alpha value is -3.55. The minimum atomic E-state index is 0.0116. The molecule has 2 aromatic heterocycles. The molecule has 0 spiro atoms. The molecule has 32 heavy (non-hydrogen) atoms. The minimum absolute atomic E-state index is 0.0116.